The Morgan fingerprint density at radius 1 is 1.24 bits per heavy atom. The molecule has 1 N–H and O–H groups in total. The number of hydrogen-bond acceptors (Lipinski definition) is 2. The minimum atomic E-state index is 0. The molecule has 2 aliphatic rings. The van der Waals surface area contributed by atoms with Crippen molar-refractivity contribution in [3.05, 3.63) is 35.4 Å². The van der Waals surface area contributed by atoms with Crippen LogP contribution in [0.3, 0.4) is 0 Å². The van der Waals surface area contributed by atoms with Crippen LogP contribution in [0.15, 0.2) is 24.3 Å². The first-order chi connectivity index (χ1) is 12.1. The van der Waals surface area contributed by atoms with Gasteiger partial charge in [-0.1, -0.05) is 51.0 Å². The summed E-state index contributed by atoms with van der Waals surface area (Å²) in [6, 6.07) is 9.04. The van der Waals surface area contributed by atoms with E-state index >= 15 is 0 Å². The van der Waals surface area contributed by atoms with Crippen molar-refractivity contribution in [1.29, 1.82) is 0 Å². The van der Waals surface area contributed by atoms with E-state index in [-0.39, 0.29) is 13.4 Å². The van der Waals surface area contributed by atoms with E-state index in [1.807, 2.05) is 0 Å². The van der Waals surface area contributed by atoms with Crippen molar-refractivity contribution >= 4 is 5.91 Å². The number of fused-ring (bicyclic) bond motifs is 2. The largest absolute Gasteiger partial charge is 0.350 e. The van der Waals surface area contributed by atoms with Crippen molar-refractivity contribution < 1.29 is 6.22 Å². The van der Waals surface area contributed by atoms with Crippen molar-refractivity contribution in [1.82, 2.24) is 10.2 Å². The maximum Gasteiger partial charge on any atom is 0.217 e. The van der Waals surface area contributed by atoms with Crippen LogP contribution in [0.4, 0.5) is 0 Å². The molecule has 1 aromatic carbocycles. The van der Waals surface area contributed by atoms with Crippen LogP contribution in [0.1, 0.15) is 77.9 Å². The molecular formula is C22H36N2O. The lowest BCUT2D eigenvalue weighted by Gasteiger charge is -2.47. The van der Waals surface area contributed by atoms with E-state index in [1.165, 1.54) is 62.9 Å². The Morgan fingerprint density at radius 3 is 2.56 bits per heavy atom. The van der Waals surface area contributed by atoms with Gasteiger partial charge in [0, 0.05) is 14.9 Å². The summed E-state index contributed by atoms with van der Waals surface area (Å²) in [6.45, 7) is 9.96. The summed E-state index contributed by atoms with van der Waals surface area (Å²) in [5, 5.41) is 3.16. The van der Waals surface area contributed by atoms with Crippen LogP contribution in [0.5, 0.6) is 0 Å². The average molecular weight is 345 g/mol. The maximum atomic E-state index is 11.6. The van der Waals surface area contributed by atoms with Gasteiger partial charge in [-0.15, -0.1) is 0 Å². The van der Waals surface area contributed by atoms with E-state index in [0.29, 0.717) is 5.41 Å². The van der Waals surface area contributed by atoms with Crippen LogP contribution in [0.25, 0.3) is 0 Å². The van der Waals surface area contributed by atoms with Gasteiger partial charge in [-0.2, -0.15) is 0 Å². The number of benzene rings is 1. The molecule has 1 spiro atoms. The topological polar surface area (TPSA) is 32.3 Å². The Bertz CT molecular complexity index is 592. The Morgan fingerprint density at radius 2 is 1.92 bits per heavy atom. The molecule has 1 amide bonds. The third-order valence-corrected chi connectivity index (χ3v) is 6.68. The Labute approximate surface area is 154 Å². The van der Waals surface area contributed by atoms with Gasteiger partial charge >= 0.3 is 0 Å². The summed E-state index contributed by atoms with van der Waals surface area (Å²) in [4.78, 5) is 14.3. The lowest BCUT2D eigenvalue weighted by Crippen LogP contribution is -2.47. The number of nitrogens with zero attached hydrogens (tertiary/aromatic N) is 1. The van der Waals surface area contributed by atoms with Crippen LogP contribution in [0.2, 0.25) is 0 Å². The zero-order valence-corrected chi connectivity index (χ0v) is 16.2. The second-order valence-corrected chi connectivity index (χ2v) is 8.14. The molecule has 0 unspecified atom stereocenters. The zero-order chi connectivity index (χ0) is 17.9. The molecule has 3 rings (SSSR count). The third-order valence-electron chi connectivity index (χ3n) is 6.68. The lowest BCUT2D eigenvalue weighted by molar-refractivity contribution is -0.119. The molecule has 0 bridgehead atoms. The molecule has 1 aliphatic heterocycles. The van der Waals surface area contributed by atoms with Gasteiger partial charge in [0.05, 0.1) is 6.04 Å². The fraction of sp³-hybridized carbons (Fsp3) is 0.682. The number of piperidine rings is 1. The first-order valence-corrected chi connectivity index (χ1v) is 10.2. The predicted octanol–water partition coefficient (Wildman–Crippen LogP) is 4.67. The molecule has 1 heterocycles. The van der Waals surface area contributed by atoms with Crippen molar-refractivity contribution in [2.24, 2.45) is 5.92 Å². The van der Waals surface area contributed by atoms with E-state index in [9.17, 15) is 4.79 Å². The highest BCUT2D eigenvalue weighted by Gasteiger charge is 2.41. The SMILES string of the molecule is CCC(CC)CN1CCC2(CC[C@H](NC(C)=O)c3ccccc32)CC1.[HH]. The smallest absolute Gasteiger partial charge is 0.217 e. The highest BCUT2D eigenvalue weighted by molar-refractivity contribution is 5.73. The van der Waals surface area contributed by atoms with Crippen LogP contribution in [0, 0.1) is 5.92 Å². The molecule has 0 aromatic heterocycles. The third kappa shape index (κ3) is 3.92. The van der Waals surface area contributed by atoms with Crippen LogP contribution >= 0.6 is 0 Å². The Balaban J connectivity index is 0.00000243. The van der Waals surface area contributed by atoms with Crippen molar-refractivity contribution in [3.63, 3.8) is 0 Å². The molecule has 3 heteroatoms. The molecule has 140 valence electrons. The van der Waals surface area contributed by atoms with E-state index in [1.54, 1.807) is 6.92 Å². The summed E-state index contributed by atoms with van der Waals surface area (Å²) < 4.78 is 0. The standard InChI is InChI=1S/C22H34N2O.H2/c1-4-18(5-2)16-24-14-12-22(13-15-24)11-10-21(23-17(3)25)19-8-6-7-9-20(19)22;/h6-9,18,21H,4-5,10-16H2,1-3H3,(H,23,25);1H/t21-;/m0./s1. The second-order valence-electron chi connectivity index (χ2n) is 8.14. The summed E-state index contributed by atoms with van der Waals surface area (Å²) in [6.07, 6.45) is 7.38. The molecule has 0 saturated carbocycles. The number of nitrogens with one attached hydrogen (secondary N) is 1. The van der Waals surface area contributed by atoms with Gasteiger partial charge in [-0.05, 0) is 61.2 Å². The van der Waals surface area contributed by atoms with E-state index < -0.39 is 0 Å². The zero-order valence-electron chi connectivity index (χ0n) is 16.2. The minimum absolute atomic E-state index is 0. The number of rotatable bonds is 5. The molecule has 1 atom stereocenters. The van der Waals surface area contributed by atoms with Gasteiger partial charge < -0.3 is 10.2 Å². The number of carbonyl (C=O) groups is 1. The van der Waals surface area contributed by atoms with Gasteiger partial charge in [0.15, 0.2) is 0 Å². The fourth-order valence-electron chi connectivity index (χ4n) is 4.98. The van der Waals surface area contributed by atoms with Crippen LogP contribution in [-0.4, -0.2) is 30.4 Å². The lowest BCUT2D eigenvalue weighted by atomic mass is 9.63. The fourth-order valence-corrected chi connectivity index (χ4v) is 4.98. The summed E-state index contributed by atoms with van der Waals surface area (Å²) in [5.41, 5.74) is 3.19. The van der Waals surface area contributed by atoms with E-state index in [4.69, 9.17) is 0 Å². The monoisotopic (exact) mass is 344 g/mol. The highest BCUT2D eigenvalue weighted by Crippen LogP contribution is 2.47. The Kier molecular flexibility index (Phi) is 5.83. The predicted molar refractivity (Wildman–Crippen MR) is 106 cm³/mol. The van der Waals surface area contributed by atoms with Crippen LogP contribution in [-0.2, 0) is 10.2 Å². The highest BCUT2D eigenvalue weighted by atomic mass is 16.1. The van der Waals surface area contributed by atoms with Gasteiger partial charge in [0.2, 0.25) is 5.91 Å². The first kappa shape index (κ1) is 18.4. The van der Waals surface area contributed by atoms with Crippen molar-refractivity contribution in [2.45, 2.75) is 70.8 Å². The van der Waals surface area contributed by atoms with Gasteiger partial charge in [0.25, 0.3) is 0 Å². The van der Waals surface area contributed by atoms with Crippen molar-refractivity contribution in [2.75, 3.05) is 19.6 Å². The summed E-state index contributed by atoms with van der Waals surface area (Å²) in [5.74, 6) is 0.924. The number of amides is 1. The molecule has 3 nitrogen and oxygen atoms in total. The number of hydrogen-bond donors (Lipinski definition) is 1. The van der Waals surface area contributed by atoms with Crippen molar-refractivity contribution in [3.8, 4) is 0 Å². The quantitative estimate of drug-likeness (QED) is 0.841. The molecule has 1 aromatic rings. The molecule has 1 fully saturated rings. The second kappa shape index (κ2) is 7.90. The molecular weight excluding hydrogens is 308 g/mol. The first-order valence-electron chi connectivity index (χ1n) is 10.2. The average Bonchev–Trinajstić information content (AvgIpc) is 2.63. The normalized spacial score (nSPS) is 22.8. The summed E-state index contributed by atoms with van der Waals surface area (Å²) >= 11 is 0. The molecule has 0 radical (unpaired) electrons. The van der Waals surface area contributed by atoms with Gasteiger partial charge in [-0.3, -0.25) is 4.79 Å². The van der Waals surface area contributed by atoms with E-state index in [0.717, 1.165) is 12.3 Å². The number of carbonyl (C=O) groups excluding carboxylic acids is 1. The molecule has 25 heavy (non-hydrogen) atoms. The van der Waals surface area contributed by atoms with Crippen LogP contribution < -0.4 is 5.32 Å². The number of likely N-dealkylation sites (tertiary alicyclic amines) is 1. The molecule has 1 saturated heterocycles. The summed E-state index contributed by atoms with van der Waals surface area (Å²) in [7, 11) is 0. The molecule has 1 aliphatic carbocycles. The van der Waals surface area contributed by atoms with E-state index in [2.05, 4.69) is 48.3 Å². The minimum Gasteiger partial charge on any atom is -0.350 e. The van der Waals surface area contributed by atoms with Gasteiger partial charge in [-0.25, -0.2) is 0 Å². The Hall–Kier alpha value is -1.35. The van der Waals surface area contributed by atoms with Gasteiger partial charge in [0.1, 0.15) is 0 Å². The maximum absolute atomic E-state index is 11.6.